The maximum absolute atomic E-state index is 11.8. The molecular weight excluding hydrogens is 288 g/mol. The van der Waals surface area contributed by atoms with Gasteiger partial charge >= 0.3 is 0 Å². The minimum absolute atomic E-state index is 0.0629. The van der Waals surface area contributed by atoms with Crippen LogP contribution in [0.5, 0.6) is 5.75 Å². The first kappa shape index (κ1) is 16.7. The van der Waals surface area contributed by atoms with Crippen LogP contribution in [0.25, 0.3) is 0 Å². The smallest absolute Gasteiger partial charge is 0.277 e. The first-order valence-corrected chi connectivity index (χ1v) is 7.67. The molecule has 0 unspecified atom stereocenters. The van der Waals surface area contributed by atoms with Crippen LogP contribution in [0.3, 0.4) is 0 Å². The predicted octanol–water partition coefficient (Wildman–Crippen LogP) is 3.73. The highest BCUT2D eigenvalue weighted by Gasteiger charge is 2.04. The van der Waals surface area contributed by atoms with Gasteiger partial charge in [-0.1, -0.05) is 56.3 Å². The lowest BCUT2D eigenvalue weighted by molar-refractivity contribution is -0.123. The Hall–Kier alpha value is -2.62. The van der Waals surface area contributed by atoms with E-state index in [1.165, 1.54) is 5.56 Å². The van der Waals surface area contributed by atoms with Gasteiger partial charge in [0.1, 0.15) is 5.75 Å². The number of benzene rings is 2. The molecule has 0 heterocycles. The molecule has 1 N–H and O–H groups in total. The molecule has 0 bridgehead atoms. The van der Waals surface area contributed by atoms with E-state index in [0.717, 1.165) is 11.3 Å². The number of nitrogens with zero attached hydrogens (tertiary/aromatic N) is 1. The van der Waals surface area contributed by atoms with Crippen molar-refractivity contribution >= 4 is 11.6 Å². The summed E-state index contributed by atoms with van der Waals surface area (Å²) in [6.07, 6.45) is 0. The number of carbonyl (C=O) groups is 1. The van der Waals surface area contributed by atoms with E-state index in [2.05, 4.69) is 24.4 Å². The molecule has 0 radical (unpaired) electrons. The molecule has 1 amide bonds. The minimum atomic E-state index is -0.284. The van der Waals surface area contributed by atoms with Gasteiger partial charge in [-0.25, -0.2) is 5.43 Å². The van der Waals surface area contributed by atoms with E-state index in [0.29, 0.717) is 11.7 Å². The Kier molecular flexibility index (Phi) is 5.92. The van der Waals surface area contributed by atoms with Gasteiger partial charge in [-0.2, -0.15) is 5.10 Å². The van der Waals surface area contributed by atoms with E-state index in [4.69, 9.17) is 4.74 Å². The lowest BCUT2D eigenvalue weighted by atomic mass is 10.0. The number of hydrogen-bond donors (Lipinski definition) is 1. The Bertz CT molecular complexity index is 662. The number of amides is 1. The standard InChI is InChI=1S/C19H22N2O2/c1-14(2)16-9-11-18(12-10-16)23-13-19(22)21-20-15(3)17-7-5-4-6-8-17/h4-12,14H,13H2,1-3H3,(H,21,22)/b20-15-. The molecule has 2 aromatic carbocycles. The van der Waals surface area contributed by atoms with Gasteiger partial charge in [-0.15, -0.1) is 0 Å². The third kappa shape index (κ3) is 5.25. The second kappa shape index (κ2) is 8.13. The Labute approximate surface area is 137 Å². The summed E-state index contributed by atoms with van der Waals surface area (Å²) in [5.41, 5.74) is 5.47. The zero-order valence-corrected chi connectivity index (χ0v) is 13.7. The highest BCUT2D eigenvalue weighted by atomic mass is 16.5. The number of nitrogens with one attached hydrogen (secondary N) is 1. The Morgan fingerprint density at radius 2 is 1.74 bits per heavy atom. The molecule has 23 heavy (non-hydrogen) atoms. The summed E-state index contributed by atoms with van der Waals surface area (Å²) in [6, 6.07) is 17.5. The zero-order chi connectivity index (χ0) is 16.7. The number of ether oxygens (including phenoxy) is 1. The minimum Gasteiger partial charge on any atom is -0.484 e. The third-order valence-electron chi connectivity index (χ3n) is 3.46. The van der Waals surface area contributed by atoms with Crippen molar-refractivity contribution in [2.24, 2.45) is 5.10 Å². The van der Waals surface area contributed by atoms with E-state index in [1.807, 2.05) is 61.5 Å². The average molecular weight is 310 g/mol. The van der Waals surface area contributed by atoms with E-state index < -0.39 is 0 Å². The van der Waals surface area contributed by atoms with Crippen molar-refractivity contribution in [3.05, 3.63) is 65.7 Å². The van der Waals surface area contributed by atoms with Gasteiger partial charge in [0, 0.05) is 0 Å². The van der Waals surface area contributed by atoms with Crippen LogP contribution in [0.4, 0.5) is 0 Å². The van der Waals surface area contributed by atoms with Crippen LogP contribution >= 0.6 is 0 Å². The van der Waals surface area contributed by atoms with Crippen molar-refractivity contribution in [1.29, 1.82) is 0 Å². The monoisotopic (exact) mass is 310 g/mol. The molecule has 0 saturated heterocycles. The summed E-state index contributed by atoms with van der Waals surface area (Å²) in [5, 5.41) is 4.08. The van der Waals surface area contributed by atoms with Crippen molar-refractivity contribution in [1.82, 2.24) is 5.43 Å². The molecule has 0 aliphatic carbocycles. The van der Waals surface area contributed by atoms with E-state index in [9.17, 15) is 4.79 Å². The fourth-order valence-corrected chi connectivity index (χ4v) is 2.02. The quantitative estimate of drug-likeness (QED) is 0.653. The van der Waals surface area contributed by atoms with Crippen LogP contribution < -0.4 is 10.2 Å². The van der Waals surface area contributed by atoms with Crippen LogP contribution in [0.1, 0.15) is 37.8 Å². The Morgan fingerprint density at radius 3 is 2.35 bits per heavy atom. The summed E-state index contributed by atoms with van der Waals surface area (Å²) < 4.78 is 5.46. The normalized spacial score (nSPS) is 11.4. The largest absolute Gasteiger partial charge is 0.484 e. The number of hydrazone groups is 1. The van der Waals surface area contributed by atoms with Gasteiger partial charge in [0.2, 0.25) is 0 Å². The fourth-order valence-electron chi connectivity index (χ4n) is 2.02. The van der Waals surface area contributed by atoms with Crippen LogP contribution in [-0.2, 0) is 4.79 Å². The van der Waals surface area contributed by atoms with Crippen LogP contribution in [0.15, 0.2) is 59.7 Å². The van der Waals surface area contributed by atoms with Gasteiger partial charge in [-0.05, 0) is 36.1 Å². The number of carbonyl (C=O) groups excluding carboxylic acids is 1. The van der Waals surface area contributed by atoms with Crippen LogP contribution in [0.2, 0.25) is 0 Å². The molecule has 2 aromatic rings. The van der Waals surface area contributed by atoms with Crippen molar-refractivity contribution in [2.75, 3.05) is 6.61 Å². The summed E-state index contributed by atoms with van der Waals surface area (Å²) in [7, 11) is 0. The lowest BCUT2D eigenvalue weighted by Gasteiger charge is -2.08. The maximum atomic E-state index is 11.8. The molecule has 120 valence electrons. The van der Waals surface area contributed by atoms with Gasteiger partial charge < -0.3 is 4.74 Å². The molecule has 0 aliphatic heterocycles. The maximum Gasteiger partial charge on any atom is 0.277 e. The highest BCUT2D eigenvalue weighted by Crippen LogP contribution is 2.18. The summed E-state index contributed by atoms with van der Waals surface area (Å²) in [6.45, 7) is 6.06. The van der Waals surface area contributed by atoms with E-state index >= 15 is 0 Å². The zero-order valence-electron chi connectivity index (χ0n) is 13.7. The molecule has 0 atom stereocenters. The lowest BCUT2D eigenvalue weighted by Crippen LogP contribution is -2.25. The van der Waals surface area contributed by atoms with Crippen molar-refractivity contribution in [3.8, 4) is 5.75 Å². The molecule has 0 aliphatic rings. The first-order valence-electron chi connectivity index (χ1n) is 7.67. The third-order valence-corrected chi connectivity index (χ3v) is 3.46. The van der Waals surface area contributed by atoms with Gasteiger partial charge in [-0.3, -0.25) is 4.79 Å². The predicted molar refractivity (Wildman–Crippen MR) is 92.8 cm³/mol. The van der Waals surface area contributed by atoms with Crippen LogP contribution in [-0.4, -0.2) is 18.2 Å². The fraction of sp³-hybridized carbons (Fsp3) is 0.263. The summed E-state index contributed by atoms with van der Waals surface area (Å²) in [4.78, 5) is 11.8. The second-order valence-electron chi connectivity index (χ2n) is 5.61. The van der Waals surface area contributed by atoms with Crippen molar-refractivity contribution in [2.45, 2.75) is 26.7 Å². The highest BCUT2D eigenvalue weighted by molar-refractivity contribution is 5.99. The van der Waals surface area contributed by atoms with Crippen LogP contribution in [0, 0.1) is 0 Å². The molecule has 4 heteroatoms. The van der Waals surface area contributed by atoms with Crippen molar-refractivity contribution < 1.29 is 9.53 Å². The number of hydrogen-bond acceptors (Lipinski definition) is 3. The Balaban J connectivity index is 1.83. The first-order chi connectivity index (χ1) is 11.1. The molecule has 4 nitrogen and oxygen atoms in total. The Morgan fingerprint density at radius 1 is 1.09 bits per heavy atom. The molecular formula is C19H22N2O2. The van der Waals surface area contributed by atoms with Gasteiger partial charge in [0.25, 0.3) is 5.91 Å². The second-order valence-corrected chi connectivity index (χ2v) is 5.61. The van der Waals surface area contributed by atoms with Gasteiger partial charge in [0.05, 0.1) is 5.71 Å². The summed E-state index contributed by atoms with van der Waals surface area (Å²) in [5.74, 6) is 0.865. The molecule has 0 spiro atoms. The number of rotatable bonds is 6. The SMILES string of the molecule is C/C(=N/NC(=O)COc1ccc(C(C)C)cc1)c1ccccc1. The average Bonchev–Trinajstić information content (AvgIpc) is 2.59. The molecule has 0 saturated carbocycles. The molecule has 0 aromatic heterocycles. The topological polar surface area (TPSA) is 50.7 Å². The molecule has 2 rings (SSSR count). The summed E-state index contributed by atoms with van der Waals surface area (Å²) >= 11 is 0. The van der Waals surface area contributed by atoms with Crippen molar-refractivity contribution in [3.63, 3.8) is 0 Å². The molecule has 0 fully saturated rings. The van der Waals surface area contributed by atoms with Gasteiger partial charge in [0.15, 0.2) is 6.61 Å². The van der Waals surface area contributed by atoms with E-state index in [1.54, 1.807) is 0 Å². The van der Waals surface area contributed by atoms with E-state index in [-0.39, 0.29) is 12.5 Å².